The summed E-state index contributed by atoms with van der Waals surface area (Å²) in [6.07, 6.45) is -1.47. The van der Waals surface area contributed by atoms with E-state index in [1.807, 2.05) is 0 Å². The Kier molecular flexibility index (Phi) is 6.87. The number of carbonyl (C=O) groups is 1. The van der Waals surface area contributed by atoms with Crippen LogP contribution in [0.25, 0.3) is 10.2 Å². The Morgan fingerprint density at radius 1 is 1.22 bits per heavy atom. The van der Waals surface area contributed by atoms with Crippen molar-refractivity contribution in [3.8, 4) is 5.75 Å². The molecule has 2 aromatic rings. The zero-order valence-corrected chi connectivity index (χ0v) is 18.0. The second-order valence-electron chi connectivity index (χ2n) is 8.51. The molecule has 1 aromatic carbocycles. The number of rotatable bonds is 7. The van der Waals surface area contributed by atoms with Gasteiger partial charge in [-0.05, 0) is 44.6 Å². The van der Waals surface area contributed by atoms with Crippen LogP contribution >= 0.6 is 11.3 Å². The SMILES string of the molecule is O=C(N[C@H]1CC[C@@H](NC(CO)C(F)(F)F)CC1)[C@H]1C[C@H](Oc2cc(F)cc3scnc23)C1. The van der Waals surface area contributed by atoms with Gasteiger partial charge < -0.3 is 20.5 Å². The number of alkyl halides is 3. The molecule has 2 aliphatic carbocycles. The molecule has 0 aliphatic heterocycles. The van der Waals surface area contributed by atoms with Gasteiger partial charge in [0.2, 0.25) is 5.91 Å². The molecule has 6 nitrogen and oxygen atoms in total. The van der Waals surface area contributed by atoms with Crippen molar-refractivity contribution in [3.63, 3.8) is 0 Å². The van der Waals surface area contributed by atoms with Crippen molar-refractivity contribution in [3.05, 3.63) is 23.5 Å². The molecule has 32 heavy (non-hydrogen) atoms. The van der Waals surface area contributed by atoms with E-state index >= 15 is 0 Å². The summed E-state index contributed by atoms with van der Waals surface area (Å²) in [6, 6.07) is 0.388. The first-order valence-corrected chi connectivity index (χ1v) is 11.5. The quantitative estimate of drug-likeness (QED) is 0.534. The van der Waals surface area contributed by atoms with Gasteiger partial charge in [0, 0.05) is 24.1 Å². The second-order valence-corrected chi connectivity index (χ2v) is 9.40. The summed E-state index contributed by atoms with van der Waals surface area (Å²) in [5, 5.41) is 14.4. The molecule has 3 N–H and O–H groups in total. The lowest BCUT2D eigenvalue weighted by Gasteiger charge is -2.37. The normalized spacial score (nSPS) is 27.0. The molecule has 1 aromatic heterocycles. The molecule has 0 saturated heterocycles. The van der Waals surface area contributed by atoms with Crippen LogP contribution in [0.1, 0.15) is 38.5 Å². The molecular formula is C21H25F4N3O3S. The van der Waals surface area contributed by atoms with Gasteiger partial charge in [-0.25, -0.2) is 9.37 Å². The van der Waals surface area contributed by atoms with Crippen molar-refractivity contribution in [2.45, 2.75) is 68.9 Å². The summed E-state index contributed by atoms with van der Waals surface area (Å²) in [4.78, 5) is 16.7. The molecule has 0 bridgehead atoms. The van der Waals surface area contributed by atoms with Gasteiger partial charge in [0.05, 0.1) is 16.8 Å². The van der Waals surface area contributed by atoms with Crippen molar-refractivity contribution in [1.82, 2.24) is 15.6 Å². The highest BCUT2D eigenvalue weighted by molar-refractivity contribution is 7.16. The number of aliphatic hydroxyl groups excluding tert-OH is 1. The highest BCUT2D eigenvalue weighted by Gasteiger charge is 2.41. The van der Waals surface area contributed by atoms with E-state index in [4.69, 9.17) is 9.84 Å². The number of thiazole rings is 1. The van der Waals surface area contributed by atoms with E-state index in [9.17, 15) is 22.4 Å². The number of hydrogen-bond acceptors (Lipinski definition) is 6. The minimum Gasteiger partial charge on any atom is -0.488 e. The monoisotopic (exact) mass is 475 g/mol. The number of benzene rings is 1. The minimum absolute atomic E-state index is 0.0724. The van der Waals surface area contributed by atoms with E-state index in [1.54, 1.807) is 5.51 Å². The number of nitrogens with zero attached hydrogens (tertiary/aromatic N) is 1. The maximum Gasteiger partial charge on any atom is 0.406 e. The Bertz CT molecular complexity index is 940. The molecule has 1 atom stereocenters. The van der Waals surface area contributed by atoms with E-state index in [2.05, 4.69) is 15.6 Å². The fourth-order valence-corrected chi connectivity index (χ4v) is 5.02. The van der Waals surface area contributed by atoms with Crippen molar-refractivity contribution in [1.29, 1.82) is 0 Å². The maximum absolute atomic E-state index is 13.8. The van der Waals surface area contributed by atoms with Crippen LogP contribution in [-0.4, -0.2) is 53.0 Å². The first-order chi connectivity index (χ1) is 15.2. The fourth-order valence-electron chi connectivity index (χ4n) is 4.31. The van der Waals surface area contributed by atoms with Gasteiger partial charge in [0.1, 0.15) is 29.2 Å². The van der Waals surface area contributed by atoms with E-state index in [0.717, 1.165) is 0 Å². The van der Waals surface area contributed by atoms with Gasteiger partial charge in [-0.3, -0.25) is 4.79 Å². The summed E-state index contributed by atoms with van der Waals surface area (Å²) in [5.74, 6) is -0.283. The Hall–Kier alpha value is -1.98. The number of hydrogen-bond donors (Lipinski definition) is 3. The third kappa shape index (κ3) is 5.32. The predicted octanol–water partition coefficient (Wildman–Crippen LogP) is 3.53. The molecular weight excluding hydrogens is 450 g/mol. The highest BCUT2D eigenvalue weighted by atomic mass is 32.1. The Morgan fingerprint density at radius 3 is 2.56 bits per heavy atom. The number of amides is 1. The molecule has 2 fully saturated rings. The number of halogens is 4. The summed E-state index contributed by atoms with van der Waals surface area (Å²) < 4.78 is 58.7. The lowest BCUT2D eigenvalue weighted by molar-refractivity contribution is -0.166. The average molecular weight is 476 g/mol. The number of fused-ring (bicyclic) bond motifs is 1. The molecule has 0 radical (unpaired) electrons. The topological polar surface area (TPSA) is 83.5 Å². The van der Waals surface area contributed by atoms with Crippen molar-refractivity contribution in [2.75, 3.05) is 6.61 Å². The molecule has 1 unspecified atom stereocenters. The van der Waals surface area contributed by atoms with Crippen LogP contribution in [0.15, 0.2) is 17.6 Å². The summed E-state index contributed by atoms with van der Waals surface area (Å²) in [5.41, 5.74) is 2.24. The number of aliphatic hydroxyl groups is 1. The minimum atomic E-state index is -4.49. The first-order valence-electron chi connectivity index (χ1n) is 10.7. The van der Waals surface area contributed by atoms with Gasteiger partial charge in [-0.1, -0.05) is 0 Å². The Labute approximate surface area is 186 Å². The fraction of sp³-hybridized carbons (Fsp3) is 0.619. The van der Waals surface area contributed by atoms with Gasteiger partial charge in [-0.15, -0.1) is 11.3 Å². The number of nitrogens with one attached hydrogen (secondary N) is 2. The van der Waals surface area contributed by atoms with E-state index in [1.165, 1.54) is 23.5 Å². The largest absolute Gasteiger partial charge is 0.488 e. The third-order valence-corrected chi connectivity index (χ3v) is 6.99. The third-order valence-electron chi connectivity index (χ3n) is 6.21. The highest BCUT2D eigenvalue weighted by Crippen LogP contribution is 2.36. The van der Waals surface area contributed by atoms with Crippen LogP contribution in [0.4, 0.5) is 17.6 Å². The molecule has 176 valence electrons. The summed E-state index contributed by atoms with van der Waals surface area (Å²) in [6.45, 7) is -0.991. The van der Waals surface area contributed by atoms with Crippen LogP contribution in [0, 0.1) is 11.7 Å². The zero-order chi connectivity index (χ0) is 22.9. The molecule has 2 saturated carbocycles. The van der Waals surface area contributed by atoms with Crippen LogP contribution in [-0.2, 0) is 4.79 Å². The average Bonchev–Trinajstić information content (AvgIpc) is 3.17. The van der Waals surface area contributed by atoms with Gasteiger partial charge in [0.15, 0.2) is 0 Å². The number of ether oxygens (including phenoxy) is 1. The second kappa shape index (κ2) is 9.48. The van der Waals surface area contributed by atoms with Crippen LogP contribution in [0.3, 0.4) is 0 Å². The van der Waals surface area contributed by atoms with Crippen LogP contribution in [0.5, 0.6) is 5.75 Å². The summed E-state index contributed by atoms with van der Waals surface area (Å²) >= 11 is 1.33. The Balaban J connectivity index is 1.20. The molecule has 11 heteroatoms. The molecule has 0 spiro atoms. The van der Waals surface area contributed by atoms with Crippen LogP contribution < -0.4 is 15.4 Å². The van der Waals surface area contributed by atoms with Gasteiger partial charge in [0.25, 0.3) is 0 Å². The van der Waals surface area contributed by atoms with Crippen molar-refractivity contribution in [2.24, 2.45) is 5.92 Å². The number of carbonyl (C=O) groups excluding carboxylic acids is 1. The maximum atomic E-state index is 13.8. The van der Waals surface area contributed by atoms with Crippen molar-refractivity contribution < 1.29 is 32.2 Å². The van der Waals surface area contributed by atoms with E-state index in [0.29, 0.717) is 54.5 Å². The number of aromatic nitrogens is 1. The lowest BCUT2D eigenvalue weighted by Crippen LogP contribution is -2.52. The first kappa shape index (κ1) is 23.2. The summed E-state index contributed by atoms with van der Waals surface area (Å²) in [7, 11) is 0. The van der Waals surface area contributed by atoms with Crippen molar-refractivity contribution >= 4 is 27.5 Å². The van der Waals surface area contributed by atoms with Gasteiger partial charge in [-0.2, -0.15) is 13.2 Å². The molecule has 1 heterocycles. The molecule has 2 aliphatic rings. The van der Waals surface area contributed by atoms with Crippen LogP contribution in [0.2, 0.25) is 0 Å². The smallest absolute Gasteiger partial charge is 0.406 e. The molecule has 1 amide bonds. The Morgan fingerprint density at radius 2 is 1.91 bits per heavy atom. The molecule has 4 rings (SSSR count). The van der Waals surface area contributed by atoms with Gasteiger partial charge >= 0.3 is 6.18 Å². The van der Waals surface area contributed by atoms with E-state index < -0.39 is 24.6 Å². The standard InChI is InChI=1S/C21H25F4N3O3S/c22-12-7-16(19-17(8-12)32-10-26-19)31-15-5-11(6-15)20(30)28-14-3-1-13(2-4-14)27-18(9-29)21(23,24)25/h7-8,10-11,13-15,18,27,29H,1-6,9H2,(H,28,30)/t11-,13-,14+,15-,18?. The van der Waals surface area contributed by atoms with E-state index in [-0.39, 0.29) is 30.0 Å². The predicted molar refractivity (Wildman–Crippen MR) is 111 cm³/mol. The zero-order valence-electron chi connectivity index (χ0n) is 17.2. The lowest BCUT2D eigenvalue weighted by atomic mass is 9.81.